The molecule has 2 unspecified atom stereocenters. The SMILES string of the molecule is CC1CCC(Nc2cc(NN)ncn2)C1. The Bertz CT molecular complexity index is 327. The first-order chi connectivity index (χ1) is 7.28. The van der Waals surface area contributed by atoms with Gasteiger partial charge >= 0.3 is 0 Å². The first-order valence-corrected chi connectivity index (χ1v) is 5.33. The molecule has 1 aliphatic rings. The second kappa shape index (κ2) is 4.44. The van der Waals surface area contributed by atoms with E-state index in [-0.39, 0.29) is 0 Å². The van der Waals surface area contributed by atoms with Crippen LogP contribution in [0.2, 0.25) is 0 Å². The number of nitrogens with zero attached hydrogens (tertiary/aromatic N) is 2. The van der Waals surface area contributed by atoms with E-state index in [0.717, 1.165) is 11.7 Å². The number of nitrogens with two attached hydrogens (primary N) is 1. The van der Waals surface area contributed by atoms with E-state index in [1.807, 2.05) is 6.07 Å². The van der Waals surface area contributed by atoms with Gasteiger partial charge in [0.2, 0.25) is 0 Å². The third-order valence-electron chi connectivity index (χ3n) is 2.86. The molecule has 1 aromatic rings. The van der Waals surface area contributed by atoms with E-state index in [2.05, 4.69) is 27.6 Å². The van der Waals surface area contributed by atoms with Gasteiger partial charge in [-0.05, 0) is 25.2 Å². The molecular formula is C10H17N5. The first kappa shape index (κ1) is 10.2. The second-order valence-corrected chi connectivity index (χ2v) is 4.19. The molecule has 15 heavy (non-hydrogen) atoms. The lowest BCUT2D eigenvalue weighted by atomic mass is 10.1. The molecule has 1 saturated carbocycles. The smallest absolute Gasteiger partial charge is 0.145 e. The number of anilines is 2. The van der Waals surface area contributed by atoms with E-state index in [1.54, 1.807) is 0 Å². The van der Waals surface area contributed by atoms with Gasteiger partial charge in [-0.2, -0.15) is 0 Å². The average molecular weight is 207 g/mol. The summed E-state index contributed by atoms with van der Waals surface area (Å²) in [5, 5.41) is 3.40. The van der Waals surface area contributed by atoms with Gasteiger partial charge in [0, 0.05) is 12.1 Å². The Hall–Kier alpha value is -1.36. The molecule has 0 aliphatic heterocycles. The van der Waals surface area contributed by atoms with Crippen LogP contribution in [-0.2, 0) is 0 Å². The molecule has 2 atom stereocenters. The molecule has 0 amide bonds. The lowest BCUT2D eigenvalue weighted by molar-refractivity contribution is 0.602. The van der Waals surface area contributed by atoms with Crippen molar-refractivity contribution in [3.05, 3.63) is 12.4 Å². The predicted octanol–water partition coefficient (Wildman–Crippen LogP) is 1.36. The Morgan fingerprint density at radius 3 is 2.80 bits per heavy atom. The molecule has 0 aromatic carbocycles. The molecule has 1 fully saturated rings. The van der Waals surface area contributed by atoms with Crippen LogP contribution in [0.4, 0.5) is 11.6 Å². The van der Waals surface area contributed by atoms with Gasteiger partial charge in [-0.15, -0.1) is 0 Å². The number of rotatable bonds is 3. The summed E-state index contributed by atoms with van der Waals surface area (Å²) in [6.07, 6.45) is 5.24. The van der Waals surface area contributed by atoms with E-state index in [4.69, 9.17) is 5.84 Å². The van der Waals surface area contributed by atoms with Crippen molar-refractivity contribution in [3.8, 4) is 0 Å². The summed E-state index contributed by atoms with van der Waals surface area (Å²) in [7, 11) is 0. The Labute approximate surface area is 89.5 Å². The van der Waals surface area contributed by atoms with Gasteiger partial charge in [0.05, 0.1) is 0 Å². The van der Waals surface area contributed by atoms with Crippen LogP contribution < -0.4 is 16.6 Å². The first-order valence-electron chi connectivity index (χ1n) is 5.33. The van der Waals surface area contributed by atoms with Gasteiger partial charge in [0.15, 0.2) is 0 Å². The fourth-order valence-electron chi connectivity index (χ4n) is 2.06. The zero-order chi connectivity index (χ0) is 10.7. The fourth-order valence-corrected chi connectivity index (χ4v) is 2.06. The number of nitrogen functional groups attached to an aromatic ring is 1. The minimum Gasteiger partial charge on any atom is -0.367 e. The van der Waals surface area contributed by atoms with Crippen LogP contribution in [-0.4, -0.2) is 16.0 Å². The molecule has 2 rings (SSSR count). The number of aromatic nitrogens is 2. The van der Waals surface area contributed by atoms with Crippen molar-refractivity contribution in [1.82, 2.24) is 9.97 Å². The summed E-state index contributed by atoms with van der Waals surface area (Å²) in [6.45, 7) is 2.29. The van der Waals surface area contributed by atoms with Crippen LogP contribution in [0.3, 0.4) is 0 Å². The molecule has 5 nitrogen and oxygen atoms in total. The standard InChI is InChI=1S/C10H17N5/c1-7-2-3-8(4-7)14-9-5-10(15-11)13-6-12-9/h5-8H,2-4,11H2,1H3,(H2,12,13,14,15). The molecule has 4 N–H and O–H groups in total. The largest absolute Gasteiger partial charge is 0.367 e. The number of hydrogen-bond donors (Lipinski definition) is 3. The van der Waals surface area contributed by atoms with Gasteiger partial charge in [-0.3, -0.25) is 0 Å². The zero-order valence-electron chi connectivity index (χ0n) is 8.90. The highest BCUT2D eigenvalue weighted by Crippen LogP contribution is 2.27. The van der Waals surface area contributed by atoms with Crippen molar-refractivity contribution < 1.29 is 0 Å². The van der Waals surface area contributed by atoms with Crippen LogP contribution in [0, 0.1) is 5.92 Å². The van der Waals surface area contributed by atoms with Crippen molar-refractivity contribution in [2.24, 2.45) is 11.8 Å². The Morgan fingerprint density at radius 2 is 2.13 bits per heavy atom. The minimum absolute atomic E-state index is 0.542. The topological polar surface area (TPSA) is 75.9 Å². The second-order valence-electron chi connectivity index (χ2n) is 4.19. The van der Waals surface area contributed by atoms with E-state index in [9.17, 15) is 0 Å². The monoisotopic (exact) mass is 207 g/mol. The van der Waals surface area contributed by atoms with E-state index < -0.39 is 0 Å². The molecule has 82 valence electrons. The summed E-state index contributed by atoms with van der Waals surface area (Å²) in [5.41, 5.74) is 2.51. The van der Waals surface area contributed by atoms with Crippen LogP contribution in [0.25, 0.3) is 0 Å². The van der Waals surface area contributed by atoms with Gasteiger partial charge in [-0.25, -0.2) is 15.8 Å². The van der Waals surface area contributed by atoms with Crippen molar-refractivity contribution in [2.45, 2.75) is 32.2 Å². The van der Waals surface area contributed by atoms with Crippen LogP contribution in [0.15, 0.2) is 12.4 Å². The summed E-state index contributed by atoms with van der Waals surface area (Å²) >= 11 is 0. The highest BCUT2D eigenvalue weighted by molar-refractivity contribution is 5.46. The maximum atomic E-state index is 5.28. The third kappa shape index (κ3) is 2.56. The van der Waals surface area contributed by atoms with E-state index >= 15 is 0 Å². The van der Waals surface area contributed by atoms with Gasteiger partial charge in [-0.1, -0.05) is 6.92 Å². The summed E-state index contributed by atoms with van der Waals surface area (Å²) in [6, 6.07) is 2.36. The number of hydrogen-bond acceptors (Lipinski definition) is 5. The van der Waals surface area contributed by atoms with Crippen molar-refractivity contribution in [2.75, 3.05) is 10.7 Å². The summed E-state index contributed by atoms with van der Waals surface area (Å²) < 4.78 is 0. The highest BCUT2D eigenvalue weighted by Gasteiger charge is 2.21. The molecule has 0 spiro atoms. The molecule has 1 heterocycles. The summed E-state index contributed by atoms with van der Waals surface area (Å²) in [5.74, 6) is 7.58. The molecule has 5 heteroatoms. The number of nitrogens with one attached hydrogen (secondary N) is 2. The quantitative estimate of drug-likeness (QED) is 0.515. The van der Waals surface area contributed by atoms with Crippen LogP contribution in [0.1, 0.15) is 26.2 Å². The predicted molar refractivity (Wildman–Crippen MR) is 60.3 cm³/mol. The maximum absolute atomic E-state index is 5.28. The van der Waals surface area contributed by atoms with Crippen LogP contribution in [0.5, 0.6) is 0 Å². The maximum Gasteiger partial charge on any atom is 0.145 e. The molecular weight excluding hydrogens is 190 g/mol. The number of hydrazine groups is 1. The molecule has 0 bridgehead atoms. The Kier molecular flexibility index (Phi) is 3.01. The third-order valence-corrected chi connectivity index (χ3v) is 2.86. The van der Waals surface area contributed by atoms with Gasteiger partial charge in [0.25, 0.3) is 0 Å². The molecule has 0 radical (unpaired) electrons. The minimum atomic E-state index is 0.542. The molecule has 1 aliphatic carbocycles. The van der Waals surface area contributed by atoms with Gasteiger partial charge < -0.3 is 10.7 Å². The molecule has 1 aromatic heterocycles. The zero-order valence-corrected chi connectivity index (χ0v) is 8.90. The van der Waals surface area contributed by atoms with Gasteiger partial charge in [0.1, 0.15) is 18.0 Å². The highest BCUT2D eigenvalue weighted by atomic mass is 15.3. The molecule has 0 saturated heterocycles. The Morgan fingerprint density at radius 1 is 1.33 bits per heavy atom. The van der Waals surface area contributed by atoms with E-state index in [1.165, 1.54) is 25.6 Å². The summed E-state index contributed by atoms with van der Waals surface area (Å²) in [4.78, 5) is 8.12. The fraction of sp³-hybridized carbons (Fsp3) is 0.600. The van der Waals surface area contributed by atoms with Crippen LogP contribution >= 0.6 is 0 Å². The van der Waals surface area contributed by atoms with Crippen molar-refractivity contribution in [1.29, 1.82) is 0 Å². The lowest BCUT2D eigenvalue weighted by Gasteiger charge is -2.13. The average Bonchev–Trinajstić information content (AvgIpc) is 2.64. The van der Waals surface area contributed by atoms with E-state index in [0.29, 0.717) is 11.9 Å². The Balaban J connectivity index is 1.98. The van der Waals surface area contributed by atoms with Crippen molar-refractivity contribution >= 4 is 11.6 Å². The van der Waals surface area contributed by atoms with Crippen molar-refractivity contribution in [3.63, 3.8) is 0 Å². The normalized spacial score (nSPS) is 25.2. The lowest BCUT2D eigenvalue weighted by Crippen LogP contribution is -2.17.